The molecule has 36 heavy (non-hydrogen) atoms. The van der Waals surface area contributed by atoms with E-state index in [0.717, 1.165) is 22.5 Å². The minimum Gasteiger partial charge on any atom is -0.319 e. The van der Waals surface area contributed by atoms with E-state index in [-0.39, 0.29) is 11.8 Å². The average Bonchev–Trinajstić information content (AvgIpc) is 3.39. The lowest BCUT2D eigenvalue weighted by atomic mass is 9.97. The molecule has 186 valence electrons. The highest BCUT2D eigenvalue weighted by molar-refractivity contribution is 7.33. The van der Waals surface area contributed by atoms with Gasteiger partial charge < -0.3 is 9.80 Å². The number of hydrogen-bond donors (Lipinski definition) is 0. The summed E-state index contributed by atoms with van der Waals surface area (Å²) in [6.07, 6.45) is 0.741. The summed E-state index contributed by atoms with van der Waals surface area (Å²) in [4.78, 5) is 3.88. The summed E-state index contributed by atoms with van der Waals surface area (Å²) in [5, 5.41) is -2.34. The van der Waals surface area contributed by atoms with Crippen molar-refractivity contribution >= 4 is 38.1 Å². The highest BCUT2D eigenvalue weighted by Crippen LogP contribution is 2.60. The first-order chi connectivity index (χ1) is 17.2. The topological polar surface area (TPSA) is 74.8 Å². The van der Waals surface area contributed by atoms with Crippen LogP contribution in [-0.4, -0.2) is 10.6 Å². The van der Waals surface area contributed by atoms with Gasteiger partial charge in [-0.1, -0.05) is 76.2 Å². The van der Waals surface area contributed by atoms with Crippen molar-refractivity contribution in [2.75, 3.05) is 9.80 Å². The zero-order valence-corrected chi connectivity index (χ0v) is 22.7. The van der Waals surface area contributed by atoms with Crippen molar-refractivity contribution in [2.45, 2.75) is 51.1 Å². The lowest BCUT2D eigenvalue weighted by molar-refractivity contribution is 0.394. The van der Waals surface area contributed by atoms with Crippen molar-refractivity contribution in [1.82, 2.24) is 0 Å². The Bertz CT molecular complexity index is 1350. The second-order valence-electron chi connectivity index (χ2n) is 10.4. The van der Waals surface area contributed by atoms with Gasteiger partial charge in [0.05, 0.1) is 11.4 Å². The third-order valence-electron chi connectivity index (χ3n) is 7.99. The second kappa shape index (κ2) is 8.87. The molecule has 0 aromatic heterocycles. The van der Waals surface area contributed by atoms with E-state index in [4.69, 9.17) is 0 Å². The zero-order chi connectivity index (χ0) is 25.8. The molecule has 0 fully saturated rings. The van der Waals surface area contributed by atoms with Crippen LogP contribution in [0.1, 0.15) is 38.8 Å². The molecular weight excluding hydrogens is 490 g/mol. The molecule has 2 atom stereocenters. The molecule has 5 rings (SSSR count). The van der Waals surface area contributed by atoms with E-state index in [1.165, 1.54) is 0 Å². The van der Waals surface area contributed by atoms with Crippen LogP contribution in [0, 0.1) is 11.8 Å². The van der Waals surface area contributed by atoms with Crippen molar-refractivity contribution in [3.63, 3.8) is 0 Å². The Labute approximate surface area is 213 Å². The number of hydrogen-bond acceptors (Lipinski definition) is 6. The molecule has 0 bridgehead atoms. The van der Waals surface area contributed by atoms with Crippen molar-refractivity contribution < 1.29 is 18.3 Å². The molecule has 0 radical (unpaired) electrons. The van der Waals surface area contributed by atoms with Crippen LogP contribution in [-0.2, 0) is 31.1 Å². The Hall–Kier alpha value is -2.94. The summed E-state index contributed by atoms with van der Waals surface area (Å²) in [6.45, 7) is 7.74. The van der Waals surface area contributed by atoms with Crippen LogP contribution in [0.15, 0.2) is 72.8 Å². The first-order valence-corrected chi connectivity index (χ1v) is 14.7. The fourth-order valence-corrected chi connectivity index (χ4v) is 8.25. The molecule has 2 aliphatic heterocycles. The van der Waals surface area contributed by atoms with Gasteiger partial charge in [0.25, 0.3) is 0 Å². The van der Waals surface area contributed by atoms with Gasteiger partial charge in [-0.05, 0) is 47.2 Å². The number of fused-ring (bicyclic) bond motifs is 2. The van der Waals surface area contributed by atoms with Gasteiger partial charge in [0, 0.05) is 24.2 Å². The minimum atomic E-state index is -2.87. The Balaban J connectivity index is 1.84. The maximum absolute atomic E-state index is 13.1. The molecule has 2 unspecified atom stereocenters. The van der Waals surface area contributed by atoms with Gasteiger partial charge >= 0.3 is 15.4 Å². The molecule has 2 heterocycles. The zero-order valence-electron chi connectivity index (χ0n) is 20.9. The largest absolute Gasteiger partial charge is 0.342 e. The molecule has 3 aromatic rings. The molecule has 0 amide bonds. The van der Waals surface area contributed by atoms with E-state index in [1.54, 1.807) is 0 Å². The summed E-state index contributed by atoms with van der Waals surface area (Å²) in [6, 6.07) is 23.2. The van der Waals surface area contributed by atoms with Crippen LogP contribution in [0.3, 0.4) is 0 Å². The first kappa shape index (κ1) is 24.7. The molecular formula is C28H30N2O4P2. The first-order valence-electron chi connectivity index (χ1n) is 12.3. The molecule has 2 aliphatic rings. The van der Waals surface area contributed by atoms with E-state index in [0.29, 0.717) is 24.2 Å². The second-order valence-corrected chi connectivity index (χ2v) is 12.9. The van der Waals surface area contributed by atoms with Crippen LogP contribution in [0.2, 0.25) is 0 Å². The summed E-state index contributed by atoms with van der Waals surface area (Å²) >= 11 is 0. The monoisotopic (exact) mass is 520 g/mol. The number of nitrogens with zero attached hydrogens (tertiary/aromatic N) is 2. The Morgan fingerprint density at radius 1 is 0.556 bits per heavy atom. The molecule has 0 saturated heterocycles. The van der Waals surface area contributed by atoms with Crippen molar-refractivity contribution in [2.24, 2.45) is 11.8 Å². The summed E-state index contributed by atoms with van der Waals surface area (Å²) in [5.41, 5.74) is 4.99. The van der Waals surface area contributed by atoms with Gasteiger partial charge in [0.1, 0.15) is 0 Å². The number of anilines is 4. The minimum absolute atomic E-state index is 0.212. The quantitative estimate of drug-likeness (QED) is 0.306. The maximum Gasteiger partial charge on any atom is 0.342 e. The van der Waals surface area contributed by atoms with Crippen LogP contribution < -0.4 is 9.80 Å². The smallest absolute Gasteiger partial charge is 0.319 e. The van der Waals surface area contributed by atoms with E-state index >= 15 is 0 Å². The van der Waals surface area contributed by atoms with Gasteiger partial charge in [0.2, 0.25) is 0 Å². The third-order valence-corrected chi connectivity index (χ3v) is 11.0. The summed E-state index contributed by atoms with van der Waals surface area (Å²) < 4.78 is 52.3. The Morgan fingerprint density at radius 2 is 0.861 bits per heavy atom. The van der Waals surface area contributed by atoms with Gasteiger partial charge in [0.15, 0.2) is 10.6 Å². The van der Waals surface area contributed by atoms with Gasteiger partial charge in [-0.15, -0.1) is 0 Å². The van der Waals surface area contributed by atoms with E-state index in [9.17, 15) is 18.3 Å². The lowest BCUT2D eigenvalue weighted by Crippen LogP contribution is -2.47. The average molecular weight is 521 g/mol. The van der Waals surface area contributed by atoms with E-state index in [1.807, 2.05) is 110 Å². The predicted molar refractivity (Wildman–Crippen MR) is 143 cm³/mol. The van der Waals surface area contributed by atoms with Crippen LogP contribution >= 0.6 is 15.4 Å². The fourth-order valence-electron chi connectivity index (χ4n) is 6.05. The molecule has 0 spiro atoms. The van der Waals surface area contributed by atoms with Crippen molar-refractivity contribution in [3.05, 3.63) is 83.9 Å². The highest BCUT2D eigenvalue weighted by Gasteiger charge is 2.56. The van der Waals surface area contributed by atoms with Crippen molar-refractivity contribution in [1.29, 1.82) is 0 Å². The molecule has 8 heteroatoms. The standard InChI is InChI=1S/C28H30N2O4P2/c1-19(2)27(35(31)32)17-21-11-5-7-13-23(21)29(27)25-15-9-10-16-26(25)30-24-14-8-6-12-22(24)18-28(30,20(3)4)36(33)34/h5-16,19-20H,17-18H2,1-4H3. The Morgan fingerprint density at radius 3 is 1.17 bits per heavy atom. The molecule has 0 saturated carbocycles. The van der Waals surface area contributed by atoms with E-state index < -0.39 is 25.9 Å². The normalized spacial score (nSPS) is 22.7. The van der Waals surface area contributed by atoms with Crippen LogP contribution in [0.4, 0.5) is 22.7 Å². The van der Waals surface area contributed by atoms with Gasteiger partial charge in [-0.3, -0.25) is 0 Å². The number of para-hydroxylation sites is 4. The number of rotatable bonds is 6. The van der Waals surface area contributed by atoms with Crippen LogP contribution in [0.25, 0.3) is 0 Å². The molecule has 0 N–H and O–H groups in total. The van der Waals surface area contributed by atoms with Crippen molar-refractivity contribution in [3.8, 4) is 0 Å². The lowest BCUT2D eigenvalue weighted by Gasteiger charge is -2.43. The summed E-state index contributed by atoms with van der Waals surface area (Å²) in [7, 11) is -5.74. The summed E-state index contributed by atoms with van der Waals surface area (Å²) in [5.74, 6) is -0.424. The number of benzene rings is 3. The predicted octanol–water partition coefficient (Wildman–Crippen LogP) is 8.13. The molecule has 3 aromatic carbocycles. The molecule has 0 aliphatic carbocycles. The van der Waals surface area contributed by atoms with Crippen LogP contribution in [0.5, 0.6) is 0 Å². The Kier molecular flexibility index (Phi) is 6.09. The van der Waals surface area contributed by atoms with E-state index in [2.05, 4.69) is 0 Å². The molecule has 6 nitrogen and oxygen atoms in total. The third kappa shape index (κ3) is 3.31. The highest BCUT2D eigenvalue weighted by atomic mass is 31.1. The van der Waals surface area contributed by atoms with Gasteiger partial charge in [-0.2, -0.15) is 0 Å². The fraction of sp³-hybridized carbons (Fsp3) is 0.357. The van der Waals surface area contributed by atoms with Gasteiger partial charge in [-0.25, -0.2) is 18.3 Å². The SMILES string of the molecule is CC(C)C1(P(=O)=O)Cc2ccccc2N1c1ccccc1N1c2ccccc2CC1(C(C)C)P(=O)=O. The maximum atomic E-state index is 13.1.